The molecule has 3 aromatic rings. The summed E-state index contributed by atoms with van der Waals surface area (Å²) < 4.78 is 32.9. The normalized spacial score (nSPS) is 17.0. The van der Waals surface area contributed by atoms with Gasteiger partial charge in [-0.1, -0.05) is 30.3 Å². The maximum atomic E-state index is 12.7. The molecular formula is C22H22ClNO5S2. The summed E-state index contributed by atoms with van der Waals surface area (Å²) in [6, 6.07) is 10.7. The zero-order valence-corrected chi connectivity index (χ0v) is 19.6. The van der Waals surface area contributed by atoms with Crippen molar-refractivity contribution in [1.82, 2.24) is 4.57 Å². The second kappa shape index (κ2) is 8.07. The molecule has 0 aliphatic carbocycles. The topological polar surface area (TPSA) is 85.6 Å². The molecule has 164 valence electrons. The lowest BCUT2D eigenvalue weighted by molar-refractivity contribution is -0.141. The van der Waals surface area contributed by atoms with Crippen LogP contribution in [0.3, 0.4) is 0 Å². The van der Waals surface area contributed by atoms with Crippen molar-refractivity contribution in [2.24, 2.45) is 5.92 Å². The van der Waals surface area contributed by atoms with Crippen LogP contribution < -0.4 is 4.74 Å². The Labute approximate surface area is 190 Å². The Morgan fingerprint density at radius 3 is 2.55 bits per heavy atom. The lowest BCUT2D eigenvalue weighted by atomic mass is 9.90. The highest BCUT2D eigenvalue weighted by atomic mass is 35.5. The first-order valence-electron chi connectivity index (χ1n) is 9.72. The van der Waals surface area contributed by atoms with Crippen LogP contribution >= 0.6 is 23.4 Å². The first-order valence-corrected chi connectivity index (χ1v) is 12.8. The van der Waals surface area contributed by atoms with Crippen molar-refractivity contribution in [3.63, 3.8) is 0 Å². The van der Waals surface area contributed by atoms with Crippen molar-refractivity contribution in [1.29, 1.82) is 0 Å². The first-order chi connectivity index (χ1) is 14.6. The molecule has 31 heavy (non-hydrogen) atoms. The van der Waals surface area contributed by atoms with Crippen molar-refractivity contribution in [3.05, 3.63) is 47.1 Å². The van der Waals surface area contributed by atoms with Crippen molar-refractivity contribution < 1.29 is 23.1 Å². The van der Waals surface area contributed by atoms with Crippen LogP contribution in [0.5, 0.6) is 5.75 Å². The number of ether oxygens (including phenoxy) is 1. The predicted molar refractivity (Wildman–Crippen MR) is 121 cm³/mol. The second-order valence-electron chi connectivity index (χ2n) is 7.74. The fourth-order valence-corrected chi connectivity index (χ4v) is 6.49. The van der Waals surface area contributed by atoms with E-state index in [1.54, 1.807) is 19.1 Å². The van der Waals surface area contributed by atoms with Gasteiger partial charge in [0.2, 0.25) is 0 Å². The van der Waals surface area contributed by atoms with Gasteiger partial charge < -0.3 is 14.4 Å². The van der Waals surface area contributed by atoms with E-state index in [9.17, 15) is 18.3 Å². The first kappa shape index (κ1) is 22.0. The number of carbonyl (C=O) groups is 1. The van der Waals surface area contributed by atoms with Crippen LogP contribution in [0.1, 0.15) is 25.0 Å². The number of aromatic nitrogens is 1. The molecule has 1 aliphatic rings. The summed E-state index contributed by atoms with van der Waals surface area (Å²) >= 11 is 7.47. The Morgan fingerprint density at radius 1 is 1.29 bits per heavy atom. The minimum absolute atomic E-state index is 0.182. The van der Waals surface area contributed by atoms with Crippen LogP contribution in [0.25, 0.3) is 10.9 Å². The number of rotatable bonds is 6. The molecule has 2 unspecified atom stereocenters. The number of fused-ring (bicyclic) bond motifs is 3. The zero-order valence-electron chi connectivity index (χ0n) is 17.3. The minimum Gasteiger partial charge on any atom is -0.497 e. The van der Waals surface area contributed by atoms with Gasteiger partial charge in [0.15, 0.2) is 9.84 Å². The monoisotopic (exact) mass is 479 g/mol. The Hall–Kier alpha value is -2.16. The van der Waals surface area contributed by atoms with Crippen LogP contribution in [-0.4, -0.2) is 37.4 Å². The summed E-state index contributed by atoms with van der Waals surface area (Å²) in [5.74, 6) is -1.24. The second-order valence-corrected chi connectivity index (χ2v) is 11.2. The van der Waals surface area contributed by atoms with Gasteiger partial charge >= 0.3 is 5.97 Å². The smallest absolute Gasteiger partial charge is 0.306 e. The highest BCUT2D eigenvalue weighted by molar-refractivity contribution is 7.99. The molecular weight excluding hydrogens is 458 g/mol. The summed E-state index contributed by atoms with van der Waals surface area (Å²) in [4.78, 5) is 13.6. The zero-order chi connectivity index (χ0) is 22.5. The van der Waals surface area contributed by atoms with Gasteiger partial charge in [0, 0.05) is 50.7 Å². The van der Waals surface area contributed by atoms with Crippen LogP contribution in [-0.2, 0) is 21.2 Å². The molecule has 2 aromatic carbocycles. The summed E-state index contributed by atoms with van der Waals surface area (Å²) in [5.41, 5.74) is 1.61. The molecule has 0 bridgehead atoms. The molecule has 1 N–H and O–H groups in total. The number of aliphatic carboxylic acids is 1. The number of hydrogen-bond acceptors (Lipinski definition) is 5. The van der Waals surface area contributed by atoms with Crippen LogP contribution in [0.4, 0.5) is 0 Å². The van der Waals surface area contributed by atoms with E-state index < -0.39 is 21.7 Å². The summed E-state index contributed by atoms with van der Waals surface area (Å²) in [5, 5.41) is 10.9. The molecule has 0 saturated heterocycles. The quantitative estimate of drug-likeness (QED) is 0.531. The fourth-order valence-electron chi connectivity index (χ4n) is 4.21. The number of nitrogens with zero attached hydrogens (tertiary/aromatic N) is 1. The number of methoxy groups -OCH3 is 1. The van der Waals surface area contributed by atoms with Crippen LogP contribution in [0.2, 0.25) is 5.02 Å². The lowest BCUT2D eigenvalue weighted by Crippen LogP contribution is -2.17. The SMILES string of the molecule is COc1cc(S(C)(=O)=O)c2c(Sc3ccc(Cl)cc3)c3n(c2c1)CCC3C(C)C(=O)O. The molecule has 0 amide bonds. The van der Waals surface area contributed by atoms with Gasteiger partial charge in [0.05, 0.1) is 23.4 Å². The van der Waals surface area contributed by atoms with Crippen LogP contribution in [0, 0.1) is 5.92 Å². The van der Waals surface area contributed by atoms with E-state index in [2.05, 4.69) is 4.57 Å². The highest BCUT2D eigenvalue weighted by Crippen LogP contribution is 2.50. The molecule has 0 radical (unpaired) electrons. The maximum Gasteiger partial charge on any atom is 0.306 e. The lowest BCUT2D eigenvalue weighted by Gasteiger charge is -2.17. The molecule has 4 rings (SSSR count). The number of aryl methyl sites for hydroxylation is 1. The molecule has 6 nitrogen and oxygen atoms in total. The molecule has 2 atom stereocenters. The van der Waals surface area contributed by atoms with E-state index in [4.69, 9.17) is 16.3 Å². The van der Waals surface area contributed by atoms with E-state index in [0.29, 0.717) is 29.1 Å². The average molecular weight is 480 g/mol. The van der Waals surface area contributed by atoms with Gasteiger partial charge in [-0.2, -0.15) is 0 Å². The van der Waals surface area contributed by atoms with Gasteiger partial charge in [0.1, 0.15) is 5.75 Å². The van der Waals surface area contributed by atoms with Crippen molar-refractivity contribution in [2.45, 2.75) is 40.5 Å². The molecule has 1 aliphatic heterocycles. The van der Waals surface area contributed by atoms with Crippen molar-refractivity contribution in [3.8, 4) is 5.75 Å². The minimum atomic E-state index is -3.57. The summed E-state index contributed by atoms with van der Waals surface area (Å²) in [7, 11) is -2.07. The van der Waals surface area contributed by atoms with Gasteiger partial charge in [0.25, 0.3) is 0 Å². The molecule has 0 saturated carbocycles. The third kappa shape index (κ3) is 3.92. The molecule has 0 fully saturated rings. The average Bonchev–Trinajstić information content (AvgIpc) is 3.27. The number of benzene rings is 2. The predicted octanol–water partition coefficient (Wildman–Crippen LogP) is 5.07. The fraction of sp³-hybridized carbons (Fsp3) is 0.318. The number of carboxylic acids is 1. The van der Waals surface area contributed by atoms with Crippen molar-refractivity contribution in [2.75, 3.05) is 13.4 Å². The van der Waals surface area contributed by atoms with E-state index >= 15 is 0 Å². The van der Waals surface area contributed by atoms with Gasteiger partial charge in [-0.05, 0) is 36.8 Å². The molecule has 9 heteroatoms. The van der Waals surface area contributed by atoms with Gasteiger partial charge in [-0.15, -0.1) is 0 Å². The van der Waals surface area contributed by atoms with E-state index in [0.717, 1.165) is 21.0 Å². The van der Waals surface area contributed by atoms with E-state index in [1.807, 2.05) is 18.2 Å². The highest BCUT2D eigenvalue weighted by Gasteiger charge is 2.37. The Kier molecular flexibility index (Phi) is 5.74. The third-order valence-corrected chi connectivity index (χ3v) is 8.27. The number of carboxylic acid groups (broad SMARTS) is 1. The largest absolute Gasteiger partial charge is 0.497 e. The Morgan fingerprint density at radius 2 is 1.97 bits per heavy atom. The molecule has 1 aromatic heterocycles. The standard InChI is InChI=1S/C22H22ClNO5S2/c1-12(22(25)26)16-8-9-24-17-10-14(29-2)11-18(31(3,27)28)19(17)21(20(16)24)30-15-6-4-13(23)5-7-15/h4-7,10-12,16H,8-9H2,1-3H3,(H,25,26). The number of halogens is 1. The Balaban J connectivity index is 2.05. The Bertz CT molecular complexity index is 1280. The number of hydrogen-bond donors (Lipinski definition) is 1. The van der Waals surface area contributed by atoms with E-state index in [-0.39, 0.29) is 10.8 Å². The van der Waals surface area contributed by atoms with Gasteiger partial charge in [-0.3, -0.25) is 4.79 Å². The van der Waals surface area contributed by atoms with Crippen molar-refractivity contribution >= 4 is 50.1 Å². The maximum absolute atomic E-state index is 12.7. The molecule has 0 spiro atoms. The van der Waals surface area contributed by atoms with Crippen LogP contribution in [0.15, 0.2) is 51.1 Å². The van der Waals surface area contributed by atoms with Gasteiger partial charge in [-0.25, -0.2) is 8.42 Å². The third-order valence-electron chi connectivity index (χ3n) is 5.77. The number of sulfone groups is 1. The summed E-state index contributed by atoms with van der Waals surface area (Å²) in [6.45, 7) is 2.32. The molecule has 2 heterocycles. The van der Waals surface area contributed by atoms with E-state index in [1.165, 1.54) is 31.2 Å². The summed E-state index contributed by atoms with van der Waals surface area (Å²) in [6.07, 6.45) is 1.86.